The van der Waals surface area contributed by atoms with Gasteiger partial charge in [0.2, 0.25) is 0 Å². The molecule has 4 nitrogen and oxygen atoms in total. The normalized spacial score (nSPS) is 10.8. The fourth-order valence-corrected chi connectivity index (χ4v) is 4.00. The highest BCUT2D eigenvalue weighted by atomic mass is 32.1. The maximum absolute atomic E-state index is 9.29. The molecule has 1 aromatic carbocycles. The molecule has 0 atom stereocenters. The molecule has 25 heavy (non-hydrogen) atoms. The van der Waals surface area contributed by atoms with Crippen LogP contribution in [0.3, 0.4) is 0 Å². The smallest absolute Gasteiger partial charge is 0.194 e. The highest BCUT2D eigenvalue weighted by Gasteiger charge is 2.19. The SMILES string of the molecule is C=C(C)COc1ccc(-c2nc3sc(C)c(CC)n3c2CC#N)cc1. The zero-order valence-electron chi connectivity index (χ0n) is 14.8. The molecule has 0 spiro atoms. The molecule has 0 aliphatic heterocycles. The van der Waals surface area contributed by atoms with Gasteiger partial charge in [-0.3, -0.25) is 4.40 Å². The van der Waals surface area contributed by atoms with Crippen molar-refractivity contribution in [1.29, 1.82) is 5.26 Å². The van der Waals surface area contributed by atoms with Crippen molar-refractivity contribution in [3.05, 3.63) is 52.7 Å². The van der Waals surface area contributed by atoms with Gasteiger partial charge in [-0.15, -0.1) is 11.3 Å². The number of aryl methyl sites for hydroxylation is 2. The Morgan fingerprint density at radius 1 is 1.32 bits per heavy atom. The zero-order valence-corrected chi connectivity index (χ0v) is 15.6. The third-order valence-electron chi connectivity index (χ3n) is 4.06. The molecule has 0 saturated heterocycles. The van der Waals surface area contributed by atoms with Crippen molar-refractivity contribution in [1.82, 2.24) is 9.38 Å². The molecule has 0 amide bonds. The van der Waals surface area contributed by atoms with Crippen molar-refractivity contribution in [3.8, 4) is 23.1 Å². The second kappa shape index (κ2) is 7.12. The summed E-state index contributed by atoms with van der Waals surface area (Å²) >= 11 is 1.68. The monoisotopic (exact) mass is 351 g/mol. The summed E-state index contributed by atoms with van der Waals surface area (Å²) < 4.78 is 7.81. The summed E-state index contributed by atoms with van der Waals surface area (Å²) in [5.41, 5.74) is 5.08. The molecule has 0 saturated carbocycles. The minimum absolute atomic E-state index is 0.341. The van der Waals surface area contributed by atoms with Crippen molar-refractivity contribution in [2.45, 2.75) is 33.6 Å². The Bertz CT molecular complexity index is 958. The molecule has 2 aromatic heterocycles. The molecule has 3 aromatic rings. The van der Waals surface area contributed by atoms with Crippen LogP contribution in [0.15, 0.2) is 36.4 Å². The lowest BCUT2D eigenvalue weighted by Crippen LogP contribution is -1.99. The van der Waals surface area contributed by atoms with Gasteiger partial charge >= 0.3 is 0 Å². The summed E-state index contributed by atoms with van der Waals surface area (Å²) in [5, 5.41) is 9.29. The summed E-state index contributed by atoms with van der Waals surface area (Å²) in [6.07, 6.45) is 1.27. The number of fused-ring (bicyclic) bond motifs is 1. The first-order valence-corrected chi connectivity index (χ1v) is 9.11. The molecule has 0 fully saturated rings. The Morgan fingerprint density at radius 3 is 2.64 bits per heavy atom. The van der Waals surface area contributed by atoms with E-state index in [4.69, 9.17) is 9.72 Å². The predicted molar refractivity (Wildman–Crippen MR) is 102 cm³/mol. The lowest BCUT2D eigenvalue weighted by molar-refractivity contribution is 0.353. The number of nitrogens with zero attached hydrogens (tertiary/aromatic N) is 3. The van der Waals surface area contributed by atoms with Crippen molar-refractivity contribution < 1.29 is 4.74 Å². The summed E-state index contributed by atoms with van der Waals surface area (Å²) in [7, 11) is 0. The van der Waals surface area contributed by atoms with Crippen LogP contribution in [0.25, 0.3) is 16.2 Å². The Labute approximate surface area is 152 Å². The van der Waals surface area contributed by atoms with E-state index in [-0.39, 0.29) is 0 Å². The topological polar surface area (TPSA) is 50.3 Å². The highest BCUT2D eigenvalue weighted by molar-refractivity contribution is 7.17. The van der Waals surface area contributed by atoms with E-state index in [1.807, 2.05) is 31.2 Å². The molecule has 0 bridgehead atoms. The predicted octanol–water partition coefficient (Wildman–Crippen LogP) is 4.95. The van der Waals surface area contributed by atoms with Crippen LogP contribution < -0.4 is 4.74 Å². The fraction of sp³-hybridized carbons (Fsp3) is 0.300. The van der Waals surface area contributed by atoms with Gasteiger partial charge in [0.15, 0.2) is 4.96 Å². The molecule has 0 N–H and O–H groups in total. The van der Waals surface area contributed by atoms with E-state index in [0.717, 1.165) is 39.7 Å². The first-order chi connectivity index (χ1) is 12.0. The van der Waals surface area contributed by atoms with Gasteiger partial charge in [0.1, 0.15) is 12.4 Å². The van der Waals surface area contributed by atoms with E-state index in [9.17, 15) is 5.26 Å². The van der Waals surface area contributed by atoms with Gasteiger partial charge in [-0.25, -0.2) is 4.98 Å². The van der Waals surface area contributed by atoms with Crippen molar-refractivity contribution >= 4 is 16.3 Å². The van der Waals surface area contributed by atoms with Crippen LogP contribution in [0, 0.1) is 18.3 Å². The summed E-state index contributed by atoms with van der Waals surface area (Å²) in [6.45, 7) is 10.5. The van der Waals surface area contributed by atoms with E-state index in [2.05, 4.69) is 30.9 Å². The highest BCUT2D eigenvalue weighted by Crippen LogP contribution is 2.32. The van der Waals surface area contributed by atoms with Crippen molar-refractivity contribution in [3.63, 3.8) is 0 Å². The van der Waals surface area contributed by atoms with Gasteiger partial charge in [0.25, 0.3) is 0 Å². The molecule has 2 heterocycles. The number of benzene rings is 1. The van der Waals surface area contributed by atoms with Crippen LogP contribution in [-0.4, -0.2) is 16.0 Å². The molecule has 3 rings (SSSR count). The summed E-state index contributed by atoms with van der Waals surface area (Å²) in [4.78, 5) is 7.03. The fourth-order valence-electron chi connectivity index (χ4n) is 2.92. The average Bonchev–Trinajstić information content (AvgIpc) is 3.09. The Hall–Kier alpha value is -2.58. The molecule has 5 heteroatoms. The number of imidazole rings is 1. The number of thiazole rings is 1. The van der Waals surface area contributed by atoms with E-state index in [1.165, 1.54) is 10.6 Å². The first kappa shape index (κ1) is 17.2. The quantitative estimate of drug-likeness (QED) is 0.590. The lowest BCUT2D eigenvalue weighted by atomic mass is 10.1. The second-order valence-corrected chi connectivity index (χ2v) is 7.27. The molecule has 0 unspecified atom stereocenters. The minimum atomic E-state index is 0.341. The van der Waals surface area contributed by atoms with E-state index >= 15 is 0 Å². The van der Waals surface area contributed by atoms with E-state index < -0.39 is 0 Å². The van der Waals surface area contributed by atoms with E-state index in [0.29, 0.717) is 13.0 Å². The van der Waals surface area contributed by atoms with Gasteiger partial charge in [0.05, 0.1) is 23.9 Å². The lowest BCUT2D eigenvalue weighted by Gasteiger charge is -2.07. The standard InChI is InChI=1S/C20H21N3OS/c1-5-17-14(4)25-20-22-19(18(10-11-21)23(17)20)15-6-8-16(9-7-15)24-12-13(2)3/h6-9H,2,5,10,12H2,1,3-4H3. The van der Waals surface area contributed by atoms with Crippen LogP contribution in [0.1, 0.15) is 30.1 Å². The third kappa shape index (κ3) is 3.31. The molecule has 0 aliphatic rings. The molecule has 128 valence electrons. The molecule has 0 radical (unpaired) electrons. The maximum atomic E-state index is 9.29. The third-order valence-corrected chi connectivity index (χ3v) is 5.06. The van der Waals surface area contributed by atoms with Gasteiger partial charge < -0.3 is 4.74 Å². The number of hydrogen-bond acceptors (Lipinski definition) is 4. The van der Waals surface area contributed by atoms with Crippen LogP contribution >= 0.6 is 11.3 Å². The zero-order chi connectivity index (χ0) is 18.0. The summed E-state index contributed by atoms with van der Waals surface area (Å²) in [5.74, 6) is 0.805. The Morgan fingerprint density at radius 2 is 2.04 bits per heavy atom. The van der Waals surface area contributed by atoms with Gasteiger partial charge in [-0.2, -0.15) is 5.26 Å². The van der Waals surface area contributed by atoms with Crippen LogP contribution in [0.2, 0.25) is 0 Å². The molecular formula is C20H21N3OS. The van der Waals surface area contributed by atoms with Crippen LogP contribution in [0.5, 0.6) is 5.75 Å². The Balaban J connectivity index is 2.03. The average molecular weight is 351 g/mol. The summed E-state index contributed by atoms with van der Waals surface area (Å²) in [6, 6.07) is 10.2. The number of nitriles is 1. The van der Waals surface area contributed by atoms with Gasteiger partial charge in [-0.05, 0) is 50.1 Å². The largest absolute Gasteiger partial charge is 0.489 e. The number of rotatable bonds is 6. The van der Waals surface area contributed by atoms with Crippen LogP contribution in [-0.2, 0) is 12.8 Å². The van der Waals surface area contributed by atoms with Crippen molar-refractivity contribution in [2.75, 3.05) is 6.61 Å². The van der Waals surface area contributed by atoms with Crippen molar-refractivity contribution in [2.24, 2.45) is 0 Å². The van der Waals surface area contributed by atoms with Crippen LogP contribution in [0.4, 0.5) is 0 Å². The number of ether oxygens (including phenoxy) is 1. The van der Waals surface area contributed by atoms with Gasteiger partial charge in [0, 0.05) is 16.1 Å². The first-order valence-electron chi connectivity index (χ1n) is 8.29. The number of aromatic nitrogens is 2. The minimum Gasteiger partial charge on any atom is -0.489 e. The maximum Gasteiger partial charge on any atom is 0.194 e. The number of hydrogen-bond donors (Lipinski definition) is 0. The second-order valence-electron chi connectivity index (χ2n) is 6.09. The molecule has 0 aliphatic carbocycles. The van der Waals surface area contributed by atoms with E-state index in [1.54, 1.807) is 11.3 Å². The Kier molecular flexibility index (Phi) is 4.91. The molecular weight excluding hydrogens is 330 g/mol. The van der Waals surface area contributed by atoms with Gasteiger partial charge in [-0.1, -0.05) is 13.5 Å².